The number of hydrogen-bond acceptors (Lipinski definition) is 2. The number of nitrogens with zero attached hydrogens (tertiary/aromatic N) is 1. The number of aromatic nitrogens is 2. The lowest BCUT2D eigenvalue weighted by atomic mass is 9.84. The molecule has 1 aromatic rings. The van der Waals surface area contributed by atoms with Gasteiger partial charge in [-0.2, -0.15) is 13.2 Å². The van der Waals surface area contributed by atoms with Crippen molar-refractivity contribution in [2.75, 3.05) is 0 Å². The lowest BCUT2D eigenvalue weighted by Crippen LogP contribution is -2.45. The van der Waals surface area contributed by atoms with E-state index in [9.17, 15) is 13.2 Å². The fraction of sp³-hybridized carbons (Fsp3) is 0.750. The van der Waals surface area contributed by atoms with E-state index in [1.54, 1.807) is 6.20 Å². The minimum Gasteiger partial charge on any atom is -0.345 e. The normalized spacial score (nSPS) is 25.3. The summed E-state index contributed by atoms with van der Waals surface area (Å²) < 4.78 is 38.6. The van der Waals surface area contributed by atoms with Gasteiger partial charge in [-0.1, -0.05) is 12.8 Å². The lowest BCUT2D eigenvalue weighted by Gasteiger charge is -2.33. The van der Waals surface area contributed by atoms with Gasteiger partial charge in [-0.3, -0.25) is 0 Å². The van der Waals surface area contributed by atoms with Gasteiger partial charge >= 0.3 is 6.18 Å². The van der Waals surface area contributed by atoms with E-state index in [0.717, 1.165) is 17.9 Å². The highest BCUT2D eigenvalue weighted by molar-refractivity contribution is 5.00. The fourth-order valence-corrected chi connectivity index (χ4v) is 2.57. The molecule has 2 N–H and O–H groups in total. The summed E-state index contributed by atoms with van der Waals surface area (Å²) in [5, 5.41) is 3.02. The second-order valence-corrected chi connectivity index (χ2v) is 4.91. The second-order valence-electron chi connectivity index (χ2n) is 4.91. The smallest absolute Gasteiger partial charge is 0.345 e. The first-order valence-electron chi connectivity index (χ1n) is 6.27. The molecule has 102 valence electrons. The molecule has 1 aliphatic carbocycles. The Bertz CT molecular complexity index is 386. The third kappa shape index (κ3) is 3.25. The van der Waals surface area contributed by atoms with Crippen LogP contribution in [0, 0.1) is 12.8 Å². The monoisotopic (exact) mass is 261 g/mol. The number of aryl methyl sites for hydroxylation is 1. The molecule has 3 nitrogen and oxygen atoms in total. The van der Waals surface area contributed by atoms with Crippen LogP contribution in [0.4, 0.5) is 13.2 Å². The summed E-state index contributed by atoms with van der Waals surface area (Å²) in [6.07, 6.45) is -0.0615. The van der Waals surface area contributed by atoms with Gasteiger partial charge < -0.3 is 10.3 Å². The SMILES string of the molecule is Cc1ncc(CNC2CCCCC2C(F)(F)F)[nH]1. The van der Waals surface area contributed by atoms with Gasteiger partial charge in [0.05, 0.1) is 5.92 Å². The molecule has 1 aromatic heterocycles. The highest BCUT2D eigenvalue weighted by Crippen LogP contribution is 2.37. The van der Waals surface area contributed by atoms with Crippen LogP contribution >= 0.6 is 0 Å². The highest BCUT2D eigenvalue weighted by Gasteiger charge is 2.45. The quantitative estimate of drug-likeness (QED) is 0.878. The molecule has 0 radical (unpaired) electrons. The molecule has 1 fully saturated rings. The molecule has 0 aliphatic heterocycles. The van der Waals surface area contributed by atoms with Gasteiger partial charge in [0.1, 0.15) is 5.82 Å². The summed E-state index contributed by atoms with van der Waals surface area (Å²) in [6, 6.07) is -0.470. The fourth-order valence-electron chi connectivity index (χ4n) is 2.57. The van der Waals surface area contributed by atoms with Crippen LogP contribution in [0.5, 0.6) is 0 Å². The molecule has 6 heteroatoms. The standard InChI is InChI=1S/C12H18F3N3/c1-8-16-6-9(18-8)7-17-11-5-3-2-4-10(11)12(13,14)15/h6,10-11,17H,2-5,7H2,1H3,(H,16,18). The van der Waals surface area contributed by atoms with Crippen molar-refractivity contribution in [2.24, 2.45) is 5.92 Å². The Morgan fingerprint density at radius 2 is 2.11 bits per heavy atom. The maximum Gasteiger partial charge on any atom is 0.393 e. The molecule has 0 spiro atoms. The number of halogens is 3. The maximum absolute atomic E-state index is 12.9. The first-order valence-corrected chi connectivity index (χ1v) is 6.27. The number of imidazole rings is 1. The van der Waals surface area contributed by atoms with Crippen LogP contribution in [0.1, 0.15) is 37.2 Å². The molecule has 0 bridgehead atoms. The summed E-state index contributed by atoms with van der Waals surface area (Å²) >= 11 is 0. The molecule has 18 heavy (non-hydrogen) atoms. The lowest BCUT2D eigenvalue weighted by molar-refractivity contribution is -0.189. The number of H-pyrrole nitrogens is 1. The Hall–Kier alpha value is -1.04. The average molecular weight is 261 g/mol. The minimum atomic E-state index is -4.10. The van der Waals surface area contributed by atoms with Crippen molar-refractivity contribution in [1.29, 1.82) is 0 Å². The third-order valence-corrected chi connectivity index (χ3v) is 3.50. The van der Waals surface area contributed by atoms with Crippen molar-refractivity contribution in [2.45, 2.75) is 51.4 Å². The number of aromatic amines is 1. The second kappa shape index (κ2) is 5.30. The van der Waals surface area contributed by atoms with Crippen molar-refractivity contribution in [3.63, 3.8) is 0 Å². The summed E-state index contributed by atoms with van der Waals surface area (Å²) in [7, 11) is 0. The van der Waals surface area contributed by atoms with Crippen LogP contribution in [-0.2, 0) is 6.54 Å². The zero-order valence-corrected chi connectivity index (χ0v) is 10.3. The molecular weight excluding hydrogens is 243 g/mol. The molecule has 2 rings (SSSR count). The number of hydrogen-bond donors (Lipinski definition) is 2. The van der Waals surface area contributed by atoms with Crippen LogP contribution in [0.25, 0.3) is 0 Å². The molecular formula is C12H18F3N3. The largest absolute Gasteiger partial charge is 0.393 e. The van der Waals surface area contributed by atoms with Gasteiger partial charge in [-0.05, 0) is 19.8 Å². The number of nitrogens with one attached hydrogen (secondary N) is 2. The van der Waals surface area contributed by atoms with Crippen molar-refractivity contribution >= 4 is 0 Å². The summed E-state index contributed by atoms with van der Waals surface area (Å²) in [6.45, 7) is 2.24. The number of alkyl halides is 3. The van der Waals surface area contributed by atoms with E-state index in [0.29, 0.717) is 19.4 Å². The minimum absolute atomic E-state index is 0.239. The van der Waals surface area contributed by atoms with Crippen LogP contribution in [-0.4, -0.2) is 22.2 Å². The summed E-state index contributed by atoms with van der Waals surface area (Å²) in [4.78, 5) is 7.04. The molecule has 1 saturated carbocycles. The Labute approximate surface area is 104 Å². The van der Waals surface area contributed by atoms with Crippen LogP contribution in [0.3, 0.4) is 0 Å². The molecule has 0 amide bonds. The van der Waals surface area contributed by atoms with Gasteiger partial charge in [0.25, 0.3) is 0 Å². The van der Waals surface area contributed by atoms with E-state index in [2.05, 4.69) is 15.3 Å². The van der Waals surface area contributed by atoms with Crippen LogP contribution in [0.2, 0.25) is 0 Å². The molecule has 2 atom stereocenters. The van der Waals surface area contributed by atoms with E-state index in [4.69, 9.17) is 0 Å². The van der Waals surface area contributed by atoms with E-state index in [-0.39, 0.29) is 6.42 Å². The van der Waals surface area contributed by atoms with E-state index in [1.165, 1.54) is 0 Å². The summed E-state index contributed by atoms with van der Waals surface area (Å²) in [5.41, 5.74) is 0.832. The Morgan fingerprint density at radius 1 is 1.39 bits per heavy atom. The molecule has 0 saturated heterocycles. The number of rotatable bonds is 3. The van der Waals surface area contributed by atoms with Crippen LogP contribution < -0.4 is 5.32 Å². The van der Waals surface area contributed by atoms with Crippen molar-refractivity contribution in [3.05, 3.63) is 17.7 Å². The highest BCUT2D eigenvalue weighted by atomic mass is 19.4. The maximum atomic E-state index is 12.9. The molecule has 1 aliphatic rings. The van der Waals surface area contributed by atoms with Crippen molar-refractivity contribution in [3.8, 4) is 0 Å². The molecule has 0 aromatic carbocycles. The predicted octanol–water partition coefficient (Wildman–Crippen LogP) is 2.93. The van der Waals surface area contributed by atoms with Gasteiger partial charge in [0.2, 0.25) is 0 Å². The van der Waals surface area contributed by atoms with E-state index >= 15 is 0 Å². The van der Waals surface area contributed by atoms with E-state index in [1.807, 2.05) is 6.92 Å². The van der Waals surface area contributed by atoms with Crippen molar-refractivity contribution in [1.82, 2.24) is 15.3 Å². The first-order chi connectivity index (χ1) is 8.47. The van der Waals surface area contributed by atoms with Gasteiger partial charge in [-0.15, -0.1) is 0 Å². The predicted molar refractivity (Wildman–Crippen MR) is 62.0 cm³/mol. The van der Waals surface area contributed by atoms with Gasteiger partial charge in [0, 0.05) is 24.5 Å². The van der Waals surface area contributed by atoms with Gasteiger partial charge in [-0.25, -0.2) is 4.98 Å². The Kier molecular flexibility index (Phi) is 3.94. The zero-order chi connectivity index (χ0) is 13.2. The van der Waals surface area contributed by atoms with Crippen LogP contribution in [0.15, 0.2) is 6.20 Å². The Balaban J connectivity index is 1.93. The first kappa shape index (κ1) is 13.4. The van der Waals surface area contributed by atoms with Gasteiger partial charge in [0.15, 0.2) is 0 Å². The molecule has 1 heterocycles. The Morgan fingerprint density at radius 3 is 2.72 bits per heavy atom. The third-order valence-electron chi connectivity index (χ3n) is 3.50. The summed E-state index contributed by atoms with van der Waals surface area (Å²) in [5.74, 6) is -0.432. The molecule has 2 unspecified atom stereocenters. The zero-order valence-electron chi connectivity index (χ0n) is 10.3. The topological polar surface area (TPSA) is 40.7 Å². The van der Waals surface area contributed by atoms with E-state index < -0.39 is 18.1 Å². The van der Waals surface area contributed by atoms with Crippen molar-refractivity contribution < 1.29 is 13.2 Å². The average Bonchev–Trinajstić information content (AvgIpc) is 2.72.